The van der Waals surface area contributed by atoms with Crippen LogP contribution in [0.1, 0.15) is 25.0 Å². The predicted octanol–water partition coefficient (Wildman–Crippen LogP) is 16.5. The lowest BCUT2D eigenvalue weighted by Gasteiger charge is -2.28. The van der Waals surface area contributed by atoms with Crippen LogP contribution in [0.5, 0.6) is 0 Å². The Hall–Kier alpha value is -7.66. The molecule has 12 aromatic rings. The van der Waals surface area contributed by atoms with Crippen molar-refractivity contribution in [2.75, 3.05) is 4.90 Å². The molecule has 1 aliphatic rings. The fourth-order valence-corrected chi connectivity index (χ4v) is 11.8. The van der Waals surface area contributed by atoms with Crippen LogP contribution in [-0.4, -0.2) is 9.13 Å². The van der Waals surface area contributed by atoms with Gasteiger partial charge in [0.2, 0.25) is 0 Å². The Kier molecular flexibility index (Phi) is 7.82. The standard InChI is InChI=1S/C59H41N3S/c1-59(2)52-19-11-9-17-45(52)46-30-29-44(37-53(46)59)61(41-23-21-39(22-24-41)38-13-5-3-6-14-38)42-25-27-43(28-26-42)62-56-48(33-34-54-51(56)35-36-60(54)40-15-7-4-8-16-40)49-31-32-50-47-18-10-12-20-55(47)63-58(50)57(49)62/h3-37H,1-2H3. The SMILES string of the molecule is CC1(C)c2ccccc2-c2ccc(N(c3ccc(-c4ccccc4)cc3)c3ccc(-n4c5c(ccc6c5ccn6-c5ccccc5)c5ccc6c7ccccc7sc6c54)cc3)cc21. The topological polar surface area (TPSA) is 13.1 Å². The van der Waals surface area contributed by atoms with Crippen LogP contribution in [-0.2, 0) is 5.41 Å². The molecule has 3 nitrogen and oxygen atoms in total. The summed E-state index contributed by atoms with van der Waals surface area (Å²) in [6.07, 6.45) is 2.22. The Bertz CT molecular complexity index is 3740. The third-order valence-corrected chi connectivity index (χ3v) is 14.8. The quantitative estimate of drug-likeness (QED) is 0.163. The Morgan fingerprint density at radius 2 is 1.05 bits per heavy atom. The zero-order valence-electron chi connectivity index (χ0n) is 35.0. The van der Waals surface area contributed by atoms with E-state index in [9.17, 15) is 0 Å². The maximum Gasteiger partial charge on any atom is 0.0720 e. The molecule has 298 valence electrons. The molecular weight excluding hydrogens is 783 g/mol. The average molecular weight is 824 g/mol. The molecule has 0 saturated carbocycles. The number of nitrogens with zero attached hydrogens (tertiary/aromatic N) is 3. The van der Waals surface area contributed by atoms with Gasteiger partial charge in [-0.05, 0) is 112 Å². The van der Waals surface area contributed by atoms with E-state index >= 15 is 0 Å². The predicted molar refractivity (Wildman–Crippen MR) is 268 cm³/mol. The van der Waals surface area contributed by atoms with Crippen molar-refractivity contribution < 1.29 is 0 Å². The summed E-state index contributed by atoms with van der Waals surface area (Å²) in [4.78, 5) is 2.42. The molecular formula is C59H41N3S. The summed E-state index contributed by atoms with van der Waals surface area (Å²) in [6, 6.07) is 76.0. The number of benzene rings is 9. The van der Waals surface area contributed by atoms with E-state index in [2.05, 4.69) is 240 Å². The van der Waals surface area contributed by atoms with Crippen molar-refractivity contribution in [2.24, 2.45) is 0 Å². The number of fused-ring (bicyclic) bond motifs is 12. The Labute approximate surface area is 370 Å². The molecule has 0 atom stereocenters. The second-order valence-electron chi connectivity index (χ2n) is 17.4. The molecule has 0 aliphatic heterocycles. The van der Waals surface area contributed by atoms with Crippen LogP contribution >= 0.6 is 11.3 Å². The van der Waals surface area contributed by atoms with Gasteiger partial charge in [0.25, 0.3) is 0 Å². The van der Waals surface area contributed by atoms with Crippen LogP contribution in [0.25, 0.3) is 86.5 Å². The molecule has 0 saturated heterocycles. The molecule has 0 radical (unpaired) electrons. The van der Waals surface area contributed by atoms with Crippen LogP contribution in [0.3, 0.4) is 0 Å². The first-order valence-corrected chi connectivity index (χ1v) is 22.6. The zero-order chi connectivity index (χ0) is 41.8. The molecule has 0 unspecified atom stereocenters. The summed E-state index contributed by atoms with van der Waals surface area (Å²) in [7, 11) is 0. The maximum absolute atomic E-state index is 2.54. The normalized spacial score (nSPS) is 13.0. The molecule has 0 amide bonds. The van der Waals surface area contributed by atoms with E-state index in [-0.39, 0.29) is 5.41 Å². The van der Waals surface area contributed by atoms with Crippen molar-refractivity contribution in [3.8, 4) is 33.6 Å². The summed E-state index contributed by atoms with van der Waals surface area (Å²) in [6.45, 7) is 4.72. The molecule has 0 N–H and O–H groups in total. The van der Waals surface area contributed by atoms with Crippen molar-refractivity contribution in [3.63, 3.8) is 0 Å². The van der Waals surface area contributed by atoms with E-state index in [4.69, 9.17) is 0 Å². The van der Waals surface area contributed by atoms with Crippen molar-refractivity contribution >= 4 is 81.3 Å². The molecule has 3 aromatic heterocycles. The zero-order valence-corrected chi connectivity index (χ0v) is 35.8. The minimum atomic E-state index is -0.117. The van der Waals surface area contributed by atoms with E-state index in [0.29, 0.717) is 0 Å². The van der Waals surface area contributed by atoms with Gasteiger partial charge < -0.3 is 14.0 Å². The van der Waals surface area contributed by atoms with Crippen molar-refractivity contribution in [1.29, 1.82) is 0 Å². The van der Waals surface area contributed by atoms with Crippen LogP contribution in [0.2, 0.25) is 0 Å². The van der Waals surface area contributed by atoms with Crippen molar-refractivity contribution in [2.45, 2.75) is 19.3 Å². The third-order valence-electron chi connectivity index (χ3n) is 13.6. The van der Waals surface area contributed by atoms with E-state index < -0.39 is 0 Å². The highest BCUT2D eigenvalue weighted by Gasteiger charge is 2.36. The lowest BCUT2D eigenvalue weighted by molar-refractivity contribution is 0.660. The van der Waals surface area contributed by atoms with Crippen LogP contribution in [0.15, 0.2) is 212 Å². The lowest BCUT2D eigenvalue weighted by Crippen LogP contribution is -2.16. The van der Waals surface area contributed by atoms with Gasteiger partial charge in [-0.1, -0.05) is 141 Å². The highest BCUT2D eigenvalue weighted by Crippen LogP contribution is 2.51. The van der Waals surface area contributed by atoms with Gasteiger partial charge in [0.1, 0.15) is 0 Å². The molecule has 3 heterocycles. The Morgan fingerprint density at radius 3 is 1.86 bits per heavy atom. The fraction of sp³-hybridized carbons (Fsp3) is 0.0508. The highest BCUT2D eigenvalue weighted by atomic mass is 32.1. The number of para-hydroxylation sites is 1. The van der Waals surface area contributed by atoms with Gasteiger partial charge in [-0.2, -0.15) is 0 Å². The molecule has 0 spiro atoms. The minimum absolute atomic E-state index is 0.117. The Morgan fingerprint density at radius 1 is 0.429 bits per heavy atom. The molecule has 1 aliphatic carbocycles. The van der Waals surface area contributed by atoms with Gasteiger partial charge in [0.15, 0.2) is 0 Å². The first kappa shape index (κ1) is 36.0. The summed E-state index contributed by atoms with van der Waals surface area (Å²) in [5.74, 6) is 0. The summed E-state index contributed by atoms with van der Waals surface area (Å²) in [5.41, 5.74) is 17.0. The first-order valence-electron chi connectivity index (χ1n) is 21.8. The minimum Gasteiger partial charge on any atom is -0.316 e. The molecule has 9 aromatic carbocycles. The van der Waals surface area contributed by atoms with E-state index in [1.807, 2.05) is 11.3 Å². The van der Waals surface area contributed by atoms with Gasteiger partial charge in [0, 0.05) is 71.7 Å². The fourth-order valence-electron chi connectivity index (χ4n) is 10.5. The number of thiophene rings is 1. The number of hydrogen-bond donors (Lipinski definition) is 0. The van der Waals surface area contributed by atoms with Crippen LogP contribution in [0.4, 0.5) is 17.1 Å². The number of rotatable bonds is 6. The van der Waals surface area contributed by atoms with Crippen molar-refractivity contribution in [3.05, 3.63) is 224 Å². The van der Waals surface area contributed by atoms with Crippen LogP contribution in [0, 0.1) is 0 Å². The first-order chi connectivity index (χ1) is 31.0. The van der Waals surface area contributed by atoms with E-state index in [0.717, 1.165) is 28.4 Å². The summed E-state index contributed by atoms with van der Waals surface area (Å²) in [5, 5.41) is 6.36. The van der Waals surface area contributed by atoms with E-state index in [1.54, 1.807) is 0 Å². The van der Waals surface area contributed by atoms with Gasteiger partial charge in [-0.3, -0.25) is 0 Å². The number of aromatic nitrogens is 2. The van der Waals surface area contributed by atoms with Gasteiger partial charge in [-0.15, -0.1) is 11.3 Å². The second kappa shape index (κ2) is 13.7. The number of hydrogen-bond acceptors (Lipinski definition) is 2. The molecule has 63 heavy (non-hydrogen) atoms. The lowest BCUT2D eigenvalue weighted by atomic mass is 9.82. The Balaban J connectivity index is 1.02. The molecule has 13 rings (SSSR count). The van der Waals surface area contributed by atoms with Gasteiger partial charge in [-0.25, -0.2) is 0 Å². The molecule has 4 heteroatoms. The van der Waals surface area contributed by atoms with Gasteiger partial charge >= 0.3 is 0 Å². The van der Waals surface area contributed by atoms with Gasteiger partial charge in [0.05, 0.1) is 21.3 Å². The third kappa shape index (κ3) is 5.38. The summed E-state index contributed by atoms with van der Waals surface area (Å²) < 4.78 is 7.47. The largest absolute Gasteiger partial charge is 0.316 e. The second-order valence-corrected chi connectivity index (χ2v) is 18.4. The average Bonchev–Trinajstić information content (AvgIpc) is 4.09. The monoisotopic (exact) mass is 823 g/mol. The smallest absolute Gasteiger partial charge is 0.0720 e. The summed E-state index contributed by atoms with van der Waals surface area (Å²) >= 11 is 1.90. The van der Waals surface area contributed by atoms with Crippen molar-refractivity contribution in [1.82, 2.24) is 9.13 Å². The molecule has 0 fully saturated rings. The number of anilines is 3. The highest BCUT2D eigenvalue weighted by molar-refractivity contribution is 7.26. The van der Waals surface area contributed by atoms with E-state index in [1.165, 1.54) is 86.3 Å². The van der Waals surface area contributed by atoms with Crippen LogP contribution < -0.4 is 4.90 Å². The molecule has 0 bridgehead atoms. The maximum atomic E-state index is 2.54.